The van der Waals surface area contributed by atoms with Crippen LogP contribution < -0.4 is 16.4 Å². The average Bonchev–Trinajstić information content (AvgIpc) is 2.98. The molecule has 1 heterocycles. The number of hydrogen-bond donors (Lipinski definition) is 3. The Kier molecular flexibility index (Phi) is 9.91. The summed E-state index contributed by atoms with van der Waals surface area (Å²) in [5, 5.41) is 19.5. The smallest absolute Gasteiger partial charge is 0.382 e. The minimum absolute atomic E-state index is 0. The van der Waals surface area contributed by atoms with Crippen molar-refractivity contribution < 1.29 is 13.2 Å². The van der Waals surface area contributed by atoms with E-state index in [2.05, 4.69) is 26.8 Å². The highest BCUT2D eigenvalue weighted by atomic mass is 127. The number of nitrogen functional groups attached to an aromatic ring is 1. The number of rotatable bonds is 7. The molecule has 0 fully saturated rings. The summed E-state index contributed by atoms with van der Waals surface area (Å²) in [5.74, 6) is 0.573. The Morgan fingerprint density at radius 1 is 1.23 bits per heavy atom. The van der Waals surface area contributed by atoms with Crippen molar-refractivity contribution in [3.05, 3.63) is 41.1 Å². The molecule has 164 valence electrons. The van der Waals surface area contributed by atoms with E-state index in [1.807, 2.05) is 31.2 Å². The van der Waals surface area contributed by atoms with Gasteiger partial charge in [-0.3, -0.25) is 4.99 Å². The second-order valence-corrected chi connectivity index (χ2v) is 6.46. The minimum atomic E-state index is -4.21. The summed E-state index contributed by atoms with van der Waals surface area (Å²) in [6.07, 6.45) is -4.07. The van der Waals surface area contributed by atoms with E-state index in [-0.39, 0.29) is 36.3 Å². The van der Waals surface area contributed by atoms with Gasteiger partial charge in [0.1, 0.15) is 17.5 Å². The Bertz CT molecular complexity index is 883. The van der Waals surface area contributed by atoms with Gasteiger partial charge in [0.2, 0.25) is 0 Å². The highest BCUT2D eigenvalue weighted by molar-refractivity contribution is 14.0. The maximum atomic E-state index is 12.2. The third-order valence-corrected chi connectivity index (χ3v) is 4.19. The first kappa shape index (κ1) is 25.5. The van der Waals surface area contributed by atoms with Gasteiger partial charge in [-0.15, -0.1) is 24.0 Å². The Balaban J connectivity index is 0.00000450. The van der Waals surface area contributed by atoms with Crippen molar-refractivity contribution >= 4 is 35.8 Å². The molecule has 0 unspecified atom stereocenters. The summed E-state index contributed by atoms with van der Waals surface area (Å²) >= 11 is 0. The molecule has 0 amide bonds. The van der Waals surface area contributed by atoms with Gasteiger partial charge in [0.15, 0.2) is 5.96 Å². The molecule has 0 saturated heterocycles. The molecule has 2 aromatic rings. The van der Waals surface area contributed by atoms with Crippen LogP contribution in [0.4, 0.5) is 19.0 Å². The second kappa shape index (κ2) is 11.6. The normalized spacial score (nSPS) is 11.5. The zero-order chi connectivity index (χ0) is 21.4. The maximum absolute atomic E-state index is 12.2. The molecule has 30 heavy (non-hydrogen) atoms. The largest absolute Gasteiger partial charge is 0.390 e. The standard InChI is InChI=1S/C19H24F3N7.HI/c1-13-5-7-14(8-6-13)29-17(24)15(12-23)16(28-29)4-3-10-26-18(25-2)27-11-9-19(20,21)22;/h5-8H,3-4,9-11,24H2,1-2H3,(H2,25,26,27);1H. The first-order chi connectivity index (χ1) is 13.7. The van der Waals surface area contributed by atoms with E-state index >= 15 is 0 Å². The van der Waals surface area contributed by atoms with Gasteiger partial charge in [-0.1, -0.05) is 17.7 Å². The van der Waals surface area contributed by atoms with Crippen LogP contribution in [-0.2, 0) is 6.42 Å². The van der Waals surface area contributed by atoms with Gasteiger partial charge in [0.05, 0.1) is 17.8 Å². The van der Waals surface area contributed by atoms with E-state index in [9.17, 15) is 18.4 Å². The Morgan fingerprint density at radius 2 is 1.87 bits per heavy atom. The van der Waals surface area contributed by atoms with Crippen molar-refractivity contribution in [2.24, 2.45) is 4.99 Å². The van der Waals surface area contributed by atoms with Gasteiger partial charge in [-0.25, -0.2) is 4.68 Å². The molecule has 4 N–H and O–H groups in total. The zero-order valence-electron chi connectivity index (χ0n) is 16.8. The Labute approximate surface area is 190 Å². The molecule has 0 aliphatic heterocycles. The fourth-order valence-corrected chi connectivity index (χ4v) is 2.66. The van der Waals surface area contributed by atoms with Crippen molar-refractivity contribution in [3.63, 3.8) is 0 Å². The number of alkyl halides is 3. The highest BCUT2D eigenvalue weighted by Crippen LogP contribution is 2.22. The topological polar surface area (TPSA) is 104 Å². The molecule has 0 bridgehead atoms. The van der Waals surface area contributed by atoms with Crippen LogP contribution in [0.5, 0.6) is 0 Å². The van der Waals surface area contributed by atoms with Crippen LogP contribution in [0.25, 0.3) is 5.69 Å². The SMILES string of the molecule is CN=C(NCCCc1nn(-c2ccc(C)cc2)c(N)c1C#N)NCCC(F)(F)F.I. The summed E-state index contributed by atoms with van der Waals surface area (Å²) in [5.41, 5.74) is 8.87. The summed E-state index contributed by atoms with van der Waals surface area (Å²) in [7, 11) is 1.49. The second-order valence-electron chi connectivity index (χ2n) is 6.46. The van der Waals surface area contributed by atoms with E-state index in [1.54, 1.807) is 4.68 Å². The van der Waals surface area contributed by atoms with E-state index < -0.39 is 12.6 Å². The van der Waals surface area contributed by atoms with Gasteiger partial charge < -0.3 is 16.4 Å². The monoisotopic (exact) mass is 535 g/mol. The number of aryl methyl sites for hydroxylation is 2. The van der Waals surface area contributed by atoms with Crippen LogP contribution in [0.15, 0.2) is 29.3 Å². The number of nitrogens with two attached hydrogens (primary N) is 1. The van der Waals surface area contributed by atoms with Crippen LogP contribution in [0.3, 0.4) is 0 Å². The molecule has 7 nitrogen and oxygen atoms in total. The molecule has 1 aromatic heterocycles. The predicted octanol–water partition coefficient (Wildman–Crippen LogP) is 3.30. The van der Waals surface area contributed by atoms with Gasteiger partial charge in [-0.2, -0.15) is 23.5 Å². The van der Waals surface area contributed by atoms with Crippen molar-refractivity contribution in [2.75, 3.05) is 25.9 Å². The lowest BCUT2D eigenvalue weighted by atomic mass is 10.1. The van der Waals surface area contributed by atoms with E-state index in [0.717, 1.165) is 11.3 Å². The third kappa shape index (κ3) is 7.40. The van der Waals surface area contributed by atoms with Crippen LogP contribution in [0.1, 0.15) is 29.7 Å². The van der Waals surface area contributed by atoms with Crippen molar-refractivity contribution in [3.8, 4) is 11.8 Å². The van der Waals surface area contributed by atoms with E-state index in [0.29, 0.717) is 36.6 Å². The molecule has 0 aliphatic rings. The Morgan fingerprint density at radius 3 is 2.43 bits per heavy atom. The molecule has 0 saturated carbocycles. The molecule has 11 heteroatoms. The fraction of sp³-hybridized carbons (Fsp3) is 0.421. The lowest BCUT2D eigenvalue weighted by Crippen LogP contribution is -2.39. The predicted molar refractivity (Wildman–Crippen MR) is 121 cm³/mol. The van der Waals surface area contributed by atoms with E-state index in [4.69, 9.17) is 5.73 Å². The Hall–Kier alpha value is -2.49. The lowest BCUT2D eigenvalue weighted by molar-refractivity contribution is -0.132. The lowest BCUT2D eigenvalue weighted by Gasteiger charge is -2.12. The molecule has 1 aromatic carbocycles. The zero-order valence-corrected chi connectivity index (χ0v) is 19.1. The molecule has 0 radical (unpaired) electrons. The van der Waals surface area contributed by atoms with Crippen LogP contribution in [0, 0.1) is 18.3 Å². The number of nitrogens with zero attached hydrogens (tertiary/aromatic N) is 4. The maximum Gasteiger partial charge on any atom is 0.390 e. The van der Waals surface area contributed by atoms with Crippen LogP contribution in [-0.4, -0.2) is 42.1 Å². The number of nitriles is 1. The first-order valence-corrected chi connectivity index (χ1v) is 9.11. The van der Waals surface area contributed by atoms with Gasteiger partial charge >= 0.3 is 6.18 Å². The molecule has 2 rings (SSSR count). The summed E-state index contributed by atoms with van der Waals surface area (Å²) in [6, 6.07) is 9.72. The average molecular weight is 535 g/mol. The number of guanidine groups is 1. The molecule has 0 aliphatic carbocycles. The van der Waals surface area contributed by atoms with Gasteiger partial charge in [0.25, 0.3) is 0 Å². The summed E-state index contributed by atoms with van der Waals surface area (Å²) in [6.45, 7) is 2.17. The number of aromatic nitrogens is 2. The van der Waals surface area contributed by atoms with Crippen LogP contribution in [0.2, 0.25) is 0 Å². The molecular weight excluding hydrogens is 510 g/mol. The third-order valence-electron chi connectivity index (χ3n) is 4.19. The molecule has 0 spiro atoms. The number of aliphatic imine (C=N–C) groups is 1. The van der Waals surface area contributed by atoms with Gasteiger partial charge in [0, 0.05) is 20.1 Å². The van der Waals surface area contributed by atoms with Crippen molar-refractivity contribution in [2.45, 2.75) is 32.4 Å². The number of nitrogens with one attached hydrogen (secondary N) is 2. The van der Waals surface area contributed by atoms with Gasteiger partial charge in [-0.05, 0) is 31.9 Å². The summed E-state index contributed by atoms with van der Waals surface area (Å²) < 4.78 is 38.2. The van der Waals surface area contributed by atoms with Crippen molar-refractivity contribution in [1.29, 1.82) is 5.26 Å². The van der Waals surface area contributed by atoms with E-state index in [1.165, 1.54) is 7.05 Å². The molecule has 0 atom stereocenters. The minimum Gasteiger partial charge on any atom is -0.382 e. The number of halogens is 4. The quantitative estimate of drug-likeness (QED) is 0.219. The number of anilines is 1. The highest BCUT2D eigenvalue weighted by Gasteiger charge is 2.26. The summed E-state index contributed by atoms with van der Waals surface area (Å²) in [4.78, 5) is 3.89. The number of benzene rings is 1. The van der Waals surface area contributed by atoms with Crippen LogP contribution >= 0.6 is 24.0 Å². The molecular formula is C19H25F3IN7. The fourth-order valence-electron chi connectivity index (χ4n) is 2.66. The number of hydrogen-bond acceptors (Lipinski definition) is 4. The van der Waals surface area contributed by atoms with Crippen molar-refractivity contribution in [1.82, 2.24) is 20.4 Å². The first-order valence-electron chi connectivity index (χ1n) is 9.11.